The van der Waals surface area contributed by atoms with E-state index in [9.17, 15) is 0 Å². The highest BCUT2D eigenvalue weighted by Crippen LogP contribution is 2.19. The SMILES string of the molecule is C1=NC(c2cccnc2)OC1. The fraction of sp³-hybridized carbons (Fsp3) is 0.250. The normalized spacial score (nSPS) is 22.4. The van der Waals surface area contributed by atoms with Crippen LogP contribution in [0.15, 0.2) is 29.5 Å². The third-order valence-corrected chi connectivity index (χ3v) is 1.54. The molecular formula is C8H8N2O. The molecule has 0 radical (unpaired) electrons. The molecule has 1 aromatic heterocycles. The molecule has 0 N–H and O–H groups in total. The van der Waals surface area contributed by atoms with Gasteiger partial charge in [0.15, 0.2) is 6.23 Å². The van der Waals surface area contributed by atoms with Crippen molar-refractivity contribution in [3.63, 3.8) is 0 Å². The summed E-state index contributed by atoms with van der Waals surface area (Å²) in [5.74, 6) is 0. The predicted molar refractivity (Wildman–Crippen MR) is 41.4 cm³/mol. The summed E-state index contributed by atoms with van der Waals surface area (Å²) in [6, 6.07) is 3.84. The summed E-state index contributed by atoms with van der Waals surface area (Å²) in [7, 11) is 0. The van der Waals surface area contributed by atoms with Crippen LogP contribution in [0.1, 0.15) is 11.8 Å². The van der Waals surface area contributed by atoms with Gasteiger partial charge in [0.05, 0.1) is 6.61 Å². The van der Waals surface area contributed by atoms with Crippen LogP contribution in [0, 0.1) is 0 Å². The molecular weight excluding hydrogens is 140 g/mol. The zero-order valence-corrected chi connectivity index (χ0v) is 5.97. The quantitative estimate of drug-likeness (QED) is 0.599. The smallest absolute Gasteiger partial charge is 0.175 e. The van der Waals surface area contributed by atoms with Gasteiger partial charge < -0.3 is 4.74 Å². The molecule has 1 unspecified atom stereocenters. The van der Waals surface area contributed by atoms with Gasteiger partial charge in [-0.3, -0.25) is 9.98 Å². The lowest BCUT2D eigenvalue weighted by molar-refractivity contribution is 0.110. The number of pyridine rings is 1. The molecule has 0 saturated heterocycles. The van der Waals surface area contributed by atoms with E-state index < -0.39 is 0 Å². The van der Waals surface area contributed by atoms with Crippen molar-refractivity contribution in [2.45, 2.75) is 6.23 Å². The van der Waals surface area contributed by atoms with Gasteiger partial charge in [-0.15, -0.1) is 0 Å². The van der Waals surface area contributed by atoms with Crippen molar-refractivity contribution in [1.29, 1.82) is 0 Å². The summed E-state index contributed by atoms with van der Waals surface area (Å²) < 4.78 is 5.28. The topological polar surface area (TPSA) is 34.5 Å². The molecule has 3 heteroatoms. The first-order chi connectivity index (χ1) is 5.47. The summed E-state index contributed by atoms with van der Waals surface area (Å²) in [4.78, 5) is 8.09. The molecule has 0 saturated carbocycles. The average Bonchev–Trinajstić information content (AvgIpc) is 2.58. The first-order valence-corrected chi connectivity index (χ1v) is 3.50. The molecule has 2 heterocycles. The number of hydrogen-bond donors (Lipinski definition) is 0. The minimum atomic E-state index is -0.122. The second kappa shape index (κ2) is 2.80. The average molecular weight is 148 g/mol. The van der Waals surface area contributed by atoms with Gasteiger partial charge >= 0.3 is 0 Å². The van der Waals surface area contributed by atoms with Crippen LogP contribution in [0.5, 0.6) is 0 Å². The lowest BCUT2D eigenvalue weighted by Gasteiger charge is -2.04. The Morgan fingerprint density at radius 1 is 1.55 bits per heavy atom. The van der Waals surface area contributed by atoms with Crippen LogP contribution in [0.3, 0.4) is 0 Å². The van der Waals surface area contributed by atoms with Gasteiger partial charge in [-0.2, -0.15) is 0 Å². The number of rotatable bonds is 1. The van der Waals surface area contributed by atoms with E-state index in [0.717, 1.165) is 5.56 Å². The van der Waals surface area contributed by atoms with Gasteiger partial charge in [-0.1, -0.05) is 6.07 Å². The van der Waals surface area contributed by atoms with Crippen molar-refractivity contribution < 1.29 is 4.74 Å². The Labute approximate surface area is 64.7 Å². The number of ether oxygens (including phenoxy) is 1. The van der Waals surface area contributed by atoms with Gasteiger partial charge in [-0.25, -0.2) is 0 Å². The predicted octanol–water partition coefficient (Wildman–Crippen LogP) is 1.18. The van der Waals surface area contributed by atoms with Crippen molar-refractivity contribution in [3.8, 4) is 0 Å². The summed E-state index contributed by atoms with van der Waals surface area (Å²) in [5, 5.41) is 0. The number of aromatic nitrogens is 1. The third kappa shape index (κ3) is 1.28. The number of aliphatic imine (C=N–C) groups is 1. The van der Waals surface area contributed by atoms with Gasteiger partial charge in [0, 0.05) is 24.2 Å². The largest absolute Gasteiger partial charge is 0.347 e. The van der Waals surface area contributed by atoms with E-state index in [4.69, 9.17) is 4.74 Å². The standard InChI is InChI=1S/C8H8N2O/c1-2-7(6-9-3-1)8-10-4-5-11-8/h1-4,6,8H,5H2. The molecule has 1 atom stereocenters. The van der Waals surface area contributed by atoms with Crippen LogP contribution in [-0.4, -0.2) is 17.8 Å². The molecule has 0 fully saturated rings. The van der Waals surface area contributed by atoms with E-state index in [1.165, 1.54) is 0 Å². The Hall–Kier alpha value is -1.22. The summed E-state index contributed by atoms with van der Waals surface area (Å²) in [6.07, 6.45) is 5.16. The van der Waals surface area contributed by atoms with E-state index >= 15 is 0 Å². The Balaban J connectivity index is 2.23. The van der Waals surface area contributed by atoms with Crippen molar-refractivity contribution in [2.75, 3.05) is 6.61 Å². The molecule has 1 aromatic rings. The molecule has 0 bridgehead atoms. The maximum atomic E-state index is 5.28. The van der Waals surface area contributed by atoms with Crippen LogP contribution in [0.25, 0.3) is 0 Å². The zero-order chi connectivity index (χ0) is 7.52. The molecule has 1 aliphatic rings. The maximum absolute atomic E-state index is 5.28. The minimum absolute atomic E-state index is 0.122. The second-order valence-electron chi connectivity index (χ2n) is 2.30. The van der Waals surface area contributed by atoms with Crippen molar-refractivity contribution >= 4 is 6.21 Å². The highest BCUT2D eigenvalue weighted by atomic mass is 16.5. The van der Waals surface area contributed by atoms with Crippen LogP contribution in [-0.2, 0) is 4.74 Å². The Kier molecular flexibility index (Phi) is 1.65. The molecule has 11 heavy (non-hydrogen) atoms. The zero-order valence-electron chi connectivity index (χ0n) is 5.97. The molecule has 3 nitrogen and oxygen atoms in total. The summed E-state index contributed by atoms with van der Waals surface area (Å²) >= 11 is 0. The second-order valence-corrected chi connectivity index (χ2v) is 2.30. The van der Waals surface area contributed by atoms with Crippen molar-refractivity contribution in [2.24, 2.45) is 4.99 Å². The molecule has 1 aliphatic heterocycles. The van der Waals surface area contributed by atoms with Gasteiger partial charge in [0.25, 0.3) is 0 Å². The lowest BCUT2D eigenvalue weighted by Crippen LogP contribution is -1.95. The molecule has 2 rings (SSSR count). The molecule has 0 spiro atoms. The summed E-state index contributed by atoms with van der Waals surface area (Å²) in [6.45, 7) is 0.611. The molecule has 0 aromatic carbocycles. The van der Waals surface area contributed by atoms with E-state index in [2.05, 4.69) is 9.98 Å². The van der Waals surface area contributed by atoms with Crippen LogP contribution in [0.4, 0.5) is 0 Å². The highest BCUT2D eigenvalue weighted by molar-refractivity contribution is 5.60. The lowest BCUT2D eigenvalue weighted by atomic mass is 10.2. The van der Waals surface area contributed by atoms with Crippen LogP contribution >= 0.6 is 0 Å². The van der Waals surface area contributed by atoms with Gasteiger partial charge in [-0.05, 0) is 6.07 Å². The van der Waals surface area contributed by atoms with Crippen molar-refractivity contribution in [1.82, 2.24) is 4.98 Å². The first kappa shape index (κ1) is 6.49. The molecule has 56 valence electrons. The van der Waals surface area contributed by atoms with E-state index in [-0.39, 0.29) is 6.23 Å². The van der Waals surface area contributed by atoms with E-state index in [1.54, 1.807) is 18.6 Å². The summed E-state index contributed by atoms with van der Waals surface area (Å²) in [5.41, 5.74) is 1.02. The minimum Gasteiger partial charge on any atom is -0.347 e. The van der Waals surface area contributed by atoms with E-state index in [1.807, 2.05) is 12.1 Å². The Morgan fingerprint density at radius 2 is 2.55 bits per heavy atom. The fourth-order valence-electron chi connectivity index (χ4n) is 1.02. The van der Waals surface area contributed by atoms with Crippen molar-refractivity contribution in [3.05, 3.63) is 30.1 Å². The third-order valence-electron chi connectivity index (χ3n) is 1.54. The Bertz CT molecular complexity index is 258. The molecule has 0 aliphatic carbocycles. The first-order valence-electron chi connectivity index (χ1n) is 3.50. The van der Waals surface area contributed by atoms with E-state index in [0.29, 0.717) is 6.61 Å². The van der Waals surface area contributed by atoms with Crippen LogP contribution < -0.4 is 0 Å². The number of nitrogens with zero attached hydrogens (tertiary/aromatic N) is 2. The molecule has 0 amide bonds. The van der Waals surface area contributed by atoms with Gasteiger partial charge in [0.2, 0.25) is 0 Å². The maximum Gasteiger partial charge on any atom is 0.175 e. The Morgan fingerprint density at radius 3 is 3.18 bits per heavy atom. The van der Waals surface area contributed by atoms with Gasteiger partial charge in [0.1, 0.15) is 0 Å². The fourth-order valence-corrected chi connectivity index (χ4v) is 1.02. The van der Waals surface area contributed by atoms with Crippen LogP contribution in [0.2, 0.25) is 0 Å². The highest BCUT2D eigenvalue weighted by Gasteiger charge is 2.12. The monoisotopic (exact) mass is 148 g/mol. The number of hydrogen-bond acceptors (Lipinski definition) is 3.